The van der Waals surface area contributed by atoms with E-state index in [4.69, 9.17) is 9.47 Å². The van der Waals surface area contributed by atoms with Gasteiger partial charge in [-0.15, -0.1) is 21.5 Å². The van der Waals surface area contributed by atoms with Gasteiger partial charge in [-0.2, -0.15) is 0 Å². The van der Waals surface area contributed by atoms with Crippen LogP contribution in [-0.4, -0.2) is 57.0 Å². The Bertz CT molecular complexity index is 1390. The molecule has 3 aromatic rings. The van der Waals surface area contributed by atoms with Crippen LogP contribution < -0.4 is 10.6 Å². The minimum absolute atomic E-state index is 0.126. The lowest BCUT2D eigenvalue weighted by Crippen LogP contribution is -2.26. The largest absolute Gasteiger partial charge is 0.462 e. The second-order valence-electron chi connectivity index (χ2n) is 9.29. The van der Waals surface area contributed by atoms with Crippen LogP contribution in [0.15, 0.2) is 35.5 Å². The molecule has 2 heterocycles. The Balaban J connectivity index is 1.74. The number of nitrogens with one attached hydrogen (secondary N) is 2. The molecule has 0 bridgehead atoms. The van der Waals surface area contributed by atoms with Crippen molar-refractivity contribution in [2.45, 2.75) is 77.4 Å². The average molecular weight is 616 g/mol. The fraction of sp³-hybridized carbons (Fsp3) is 0.448. The van der Waals surface area contributed by atoms with E-state index in [0.29, 0.717) is 23.1 Å². The monoisotopic (exact) mass is 615 g/mol. The normalized spacial score (nSPS) is 11.5. The first kappa shape index (κ1) is 32.8. The first-order valence-electron chi connectivity index (χ1n) is 13.9. The molecule has 0 fully saturated rings. The molecule has 2 amide bonds. The summed E-state index contributed by atoms with van der Waals surface area (Å²) in [5.74, 6) is -1.11. The number of ether oxygens (including phenoxy) is 2. The first-order valence-corrected chi connectivity index (χ1v) is 15.6. The zero-order chi connectivity index (χ0) is 30.6. The van der Waals surface area contributed by atoms with E-state index in [1.54, 1.807) is 27.7 Å². The molecule has 13 heteroatoms. The Morgan fingerprint density at radius 3 is 2.38 bits per heavy atom. The van der Waals surface area contributed by atoms with Crippen LogP contribution in [-0.2, 0) is 38.6 Å². The maximum Gasteiger partial charge on any atom is 0.348 e. The third-order valence-electron chi connectivity index (χ3n) is 6.16. The number of aromatic nitrogens is 3. The third kappa shape index (κ3) is 8.65. The second-order valence-corrected chi connectivity index (χ2v) is 11.6. The van der Waals surface area contributed by atoms with E-state index < -0.39 is 17.2 Å². The number of anilines is 1. The molecule has 0 spiro atoms. The summed E-state index contributed by atoms with van der Waals surface area (Å²) in [5.41, 5.74) is 1.45. The summed E-state index contributed by atoms with van der Waals surface area (Å²) in [7, 11) is 0. The van der Waals surface area contributed by atoms with Gasteiger partial charge >= 0.3 is 11.9 Å². The third-order valence-corrected chi connectivity index (χ3v) is 8.42. The molecule has 1 aromatic carbocycles. The number of thioether (sulfide) groups is 1. The minimum atomic E-state index is -0.629. The van der Waals surface area contributed by atoms with E-state index in [0.717, 1.165) is 29.7 Å². The van der Waals surface area contributed by atoms with E-state index >= 15 is 0 Å². The number of thiophene rings is 1. The van der Waals surface area contributed by atoms with Gasteiger partial charge in [0.05, 0.1) is 37.0 Å². The highest BCUT2D eigenvalue weighted by atomic mass is 32.2. The number of esters is 2. The molecule has 226 valence electrons. The minimum Gasteiger partial charge on any atom is -0.462 e. The summed E-state index contributed by atoms with van der Waals surface area (Å²) in [6.07, 6.45) is 2.07. The van der Waals surface area contributed by atoms with Crippen molar-refractivity contribution in [2.75, 3.05) is 18.5 Å². The van der Waals surface area contributed by atoms with Crippen LogP contribution in [0.25, 0.3) is 0 Å². The SMILES string of the molecule is CCCCn1c(CNC(=O)Cc2ccccc2)nnc1S[C@H](C)C(=O)Nc1sc(C(=O)OCC)c(C)c1C(=O)OCC. The topological polar surface area (TPSA) is 142 Å². The van der Waals surface area contributed by atoms with Crippen LogP contribution in [0.4, 0.5) is 5.00 Å². The molecule has 0 aliphatic carbocycles. The van der Waals surface area contributed by atoms with Crippen LogP contribution >= 0.6 is 23.1 Å². The van der Waals surface area contributed by atoms with Crippen LogP contribution in [0.3, 0.4) is 0 Å². The van der Waals surface area contributed by atoms with Crippen molar-refractivity contribution in [1.82, 2.24) is 20.1 Å². The molecule has 0 saturated carbocycles. The standard InChI is InChI=1S/C29H37N5O6S2/c1-6-9-15-34-21(17-30-22(35)16-20-13-11-10-12-14-20)32-33-29(34)41-19(5)25(36)31-26-23(27(37)39-7-2)18(4)24(42-26)28(38)40-8-3/h10-14,19H,6-9,15-17H2,1-5H3,(H,30,35)(H,31,36)/t19-/m1/s1. The van der Waals surface area contributed by atoms with Crippen molar-refractivity contribution in [2.24, 2.45) is 0 Å². The number of nitrogens with zero attached hydrogens (tertiary/aromatic N) is 3. The van der Waals surface area contributed by atoms with Crippen LogP contribution in [0, 0.1) is 6.92 Å². The number of carbonyl (C=O) groups excluding carboxylic acids is 4. The number of amides is 2. The molecule has 3 rings (SSSR count). The van der Waals surface area contributed by atoms with Crippen molar-refractivity contribution in [3.63, 3.8) is 0 Å². The highest BCUT2D eigenvalue weighted by Crippen LogP contribution is 2.35. The highest BCUT2D eigenvalue weighted by molar-refractivity contribution is 8.00. The van der Waals surface area contributed by atoms with Crippen LogP contribution in [0.5, 0.6) is 0 Å². The van der Waals surface area contributed by atoms with Crippen molar-refractivity contribution < 1.29 is 28.7 Å². The van der Waals surface area contributed by atoms with Gasteiger partial charge in [-0.25, -0.2) is 9.59 Å². The molecule has 42 heavy (non-hydrogen) atoms. The maximum atomic E-state index is 13.3. The lowest BCUT2D eigenvalue weighted by Gasteiger charge is -2.14. The molecule has 11 nitrogen and oxygen atoms in total. The van der Waals surface area contributed by atoms with Gasteiger partial charge in [-0.05, 0) is 45.2 Å². The van der Waals surface area contributed by atoms with Gasteiger partial charge in [-0.3, -0.25) is 9.59 Å². The van der Waals surface area contributed by atoms with E-state index in [2.05, 4.69) is 27.8 Å². The van der Waals surface area contributed by atoms with Crippen LogP contribution in [0.1, 0.15) is 77.5 Å². The molecule has 2 aromatic heterocycles. The summed E-state index contributed by atoms with van der Waals surface area (Å²) in [6, 6.07) is 9.48. The Hall–Kier alpha value is -3.71. The molecular weight excluding hydrogens is 578 g/mol. The molecular formula is C29H37N5O6S2. The first-order chi connectivity index (χ1) is 20.2. The van der Waals surface area contributed by atoms with Crippen molar-refractivity contribution in [3.05, 3.63) is 57.7 Å². The molecule has 0 unspecified atom stereocenters. The second kappa shape index (κ2) is 16.1. The van der Waals surface area contributed by atoms with Gasteiger partial charge in [-0.1, -0.05) is 55.4 Å². The van der Waals surface area contributed by atoms with Crippen molar-refractivity contribution >= 4 is 51.9 Å². The van der Waals surface area contributed by atoms with Crippen molar-refractivity contribution in [1.29, 1.82) is 0 Å². The maximum absolute atomic E-state index is 13.3. The van der Waals surface area contributed by atoms with Gasteiger partial charge in [0.2, 0.25) is 11.8 Å². The van der Waals surface area contributed by atoms with Gasteiger partial charge < -0.3 is 24.7 Å². The van der Waals surface area contributed by atoms with E-state index in [9.17, 15) is 19.2 Å². The predicted octanol–water partition coefficient (Wildman–Crippen LogP) is 4.78. The lowest BCUT2D eigenvalue weighted by molar-refractivity contribution is -0.120. The average Bonchev–Trinajstić information content (AvgIpc) is 3.50. The van der Waals surface area contributed by atoms with Crippen molar-refractivity contribution in [3.8, 4) is 0 Å². The zero-order valence-electron chi connectivity index (χ0n) is 24.5. The molecule has 0 radical (unpaired) electrons. The Morgan fingerprint density at radius 1 is 1.02 bits per heavy atom. The number of unbranched alkanes of at least 4 members (excludes halogenated alkanes) is 1. The van der Waals surface area contributed by atoms with Crippen LogP contribution in [0.2, 0.25) is 0 Å². The zero-order valence-corrected chi connectivity index (χ0v) is 26.2. The quantitative estimate of drug-likeness (QED) is 0.182. The molecule has 0 aliphatic heterocycles. The van der Waals surface area contributed by atoms with Gasteiger partial charge in [0.15, 0.2) is 11.0 Å². The lowest BCUT2D eigenvalue weighted by atomic mass is 10.1. The summed E-state index contributed by atoms with van der Waals surface area (Å²) < 4.78 is 12.2. The predicted molar refractivity (Wildman–Crippen MR) is 162 cm³/mol. The van der Waals surface area contributed by atoms with E-state index in [-0.39, 0.29) is 53.4 Å². The summed E-state index contributed by atoms with van der Waals surface area (Å²) >= 11 is 2.20. The Labute approximate surface area is 253 Å². The molecule has 0 saturated heterocycles. The number of hydrogen-bond acceptors (Lipinski definition) is 10. The van der Waals surface area contributed by atoms with Gasteiger partial charge in [0.1, 0.15) is 9.88 Å². The van der Waals surface area contributed by atoms with Gasteiger partial charge in [0, 0.05) is 6.54 Å². The number of carbonyl (C=O) groups is 4. The molecule has 1 atom stereocenters. The Kier molecular flexibility index (Phi) is 12.5. The van der Waals surface area contributed by atoms with E-state index in [1.807, 2.05) is 34.9 Å². The molecule has 0 aliphatic rings. The fourth-order valence-electron chi connectivity index (χ4n) is 3.97. The number of hydrogen-bond donors (Lipinski definition) is 2. The highest BCUT2D eigenvalue weighted by Gasteiger charge is 2.29. The fourth-order valence-corrected chi connectivity index (χ4v) is 5.95. The number of rotatable bonds is 15. The smallest absolute Gasteiger partial charge is 0.348 e. The summed E-state index contributed by atoms with van der Waals surface area (Å²) in [4.78, 5) is 51.2. The summed E-state index contributed by atoms with van der Waals surface area (Å²) in [5, 5.41) is 14.4. The molecule has 2 N–H and O–H groups in total. The van der Waals surface area contributed by atoms with Gasteiger partial charge in [0.25, 0.3) is 0 Å². The summed E-state index contributed by atoms with van der Waals surface area (Å²) in [6.45, 7) is 9.95. The number of benzene rings is 1. The Morgan fingerprint density at radius 2 is 1.71 bits per heavy atom. The van der Waals surface area contributed by atoms with E-state index in [1.165, 1.54) is 11.8 Å².